The number of carbonyl (C=O) groups excluding carboxylic acids is 1. The molecule has 0 unspecified atom stereocenters. The quantitative estimate of drug-likeness (QED) is 0.513. The van der Waals surface area contributed by atoms with Crippen molar-refractivity contribution in [2.24, 2.45) is 5.10 Å². The third kappa shape index (κ3) is 4.01. The van der Waals surface area contributed by atoms with Crippen molar-refractivity contribution in [2.45, 2.75) is 0 Å². The van der Waals surface area contributed by atoms with Crippen LogP contribution < -0.4 is 10.2 Å². The lowest BCUT2D eigenvalue weighted by Gasteiger charge is -2.03. The molecule has 3 rings (SSSR count). The minimum Gasteiger partial charge on any atom is -0.504 e. The van der Waals surface area contributed by atoms with Crippen molar-refractivity contribution in [1.29, 1.82) is 0 Å². The molecule has 0 aliphatic rings. The normalized spacial score (nSPS) is 10.8. The van der Waals surface area contributed by atoms with Crippen LogP contribution in [0.2, 0.25) is 5.02 Å². The topological polar surface area (TPSA) is 83.8 Å². The highest BCUT2D eigenvalue weighted by Crippen LogP contribution is 2.30. The first-order valence-electron chi connectivity index (χ1n) is 7.49. The van der Waals surface area contributed by atoms with Crippen molar-refractivity contribution in [3.05, 3.63) is 64.1 Å². The minimum atomic E-state index is -0.380. The lowest BCUT2D eigenvalue weighted by Crippen LogP contribution is -2.16. The summed E-state index contributed by atoms with van der Waals surface area (Å²) in [6, 6.07) is 12.1. The van der Waals surface area contributed by atoms with E-state index < -0.39 is 0 Å². The number of carbonyl (C=O) groups is 1. The summed E-state index contributed by atoms with van der Waals surface area (Å²) in [6.07, 6.45) is 2.90. The minimum absolute atomic E-state index is 0.00499. The maximum absolute atomic E-state index is 12.2. The molecule has 0 saturated heterocycles. The Morgan fingerprint density at radius 2 is 2.15 bits per heavy atom. The molecule has 132 valence electrons. The fraction of sp³-hybridized carbons (Fsp3) is 0.0556. The molecule has 2 N–H and O–H groups in total. The van der Waals surface area contributed by atoms with Gasteiger partial charge in [0.1, 0.15) is 9.88 Å². The van der Waals surface area contributed by atoms with Crippen LogP contribution >= 0.6 is 22.9 Å². The molecule has 8 heteroatoms. The molecule has 6 nitrogen and oxygen atoms in total. The zero-order valence-corrected chi connectivity index (χ0v) is 15.2. The molecule has 0 aliphatic carbocycles. The van der Waals surface area contributed by atoms with Crippen LogP contribution in [0.5, 0.6) is 11.5 Å². The first-order valence-corrected chi connectivity index (χ1v) is 8.69. The number of aromatic hydroxyl groups is 1. The Hall–Kier alpha value is -2.90. The highest BCUT2D eigenvalue weighted by atomic mass is 35.5. The predicted octanol–water partition coefficient (Wildman–Crippen LogP) is 3.94. The third-order valence-corrected chi connectivity index (χ3v) is 4.78. The van der Waals surface area contributed by atoms with Crippen LogP contribution in [0.15, 0.2) is 53.8 Å². The molecule has 26 heavy (non-hydrogen) atoms. The number of methoxy groups -OCH3 is 1. The van der Waals surface area contributed by atoms with E-state index in [4.69, 9.17) is 16.3 Å². The number of thiazole rings is 1. The zero-order chi connectivity index (χ0) is 18.5. The number of hydrogen-bond donors (Lipinski definition) is 2. The molecule has 0 atom stereocenters. The fourth-order valence-corrected chi connectivity index (χ4v) is 3.27. The van der Waals surface area contributed by atoms with Crippen molar-refractivity contribution >= 4 is 35.1 Å². The van der Waals surface area contributed by atoms with Crippen molar-refractivity contribution < 1.29 is 14.6 Å². The molecule has 0 saturated carbocycles. The van der Waals surface area contributed by atoms with Crippen molar-refractivity contribution in [3.63, 3.8) is 0 Å². The number of halogens is 1. The first-order chi connectivity index (χ1) is 12.6. The van der Waals surface area contributed by atoms with E-state index in [2.05, 4.69) is 15.5 Å². The molecule has 3 aromatic rings. The molecular weight excluding hydrogens is 374 g/mol. The van der Waals surface area contributed by atoms with E-state index in [9.17, 15) is 9.90 Å². The Bertz CT molecular complexity index is 972. The van der Waals surface area contributed by atoms with Crippen LogP contribution in [0.4, 0.5) is 0 Å². The number of amides is 1. The molecule has 1 aromatic heterocycles. The van der Waals surface area contributed by atoms with Gasteiger partial charge in [0, 0.05) is 5.56 Å². The van der Waals surface area contributed by atoms with Gasteiger partial charge in [-0.25, -0.2) is 10.4 Å². The second kappa shape index (κ2) is 7.99. The van der Waals surface area contributed by atoms with E-state index >= 15 is 0 Å². The number of ether oxygens (including phenoxy) is 1. The summed E-state index contributed by atoms with van der Waals surface area (Å²) in [7, 11) is 1.47. The summed E-state index contributed by atoms with van der Waals surface area (Å²) >= 11 is 7.37. The number of nitrogens with zero attached hydrogens (tertiary/aromatic N) is 2. The van der Waals surface area contributed by atoms with Gasteiger partial charge < -0.3 is 9.84 Å². The molecule has 0 spiro atoms. The van der Waals surface area contributed by atoms with Crippen LogP contribution in [0.1, 0.15) is 15.2 Å². The van der Waals surface area contributed by atoms with Gasteiger partial charge in [-0.15, -0.1) is 11.3 Å². The maximum atomic E-state index is 12.2. The number of nitrogens with one attached hydrogen (secondary N) is 1. The average molecular weight is 388 g/mol. The van der Waals surface area contributed by atoms with E-state index in [1.54, 1.807) is 18.2 Å². The summed E-state index contributed by atoms with van der Waals surface area (Å²) in [5, 5.41) is 14.8. The number of benzene rings is 2. The molecule has 0 radical (unpaired) electrons. The second-order valence-electron chi connectivity index (χ2n) is 5.14. The second-order valence-corrected chi connectivity index (χ2v) is 6.58. The monoisotopic (exact) mass is 387 g/mol. The molecule has 1 amide bonds. The molecular formula is C18H14ClN3O3S. The van der Waals surface area contributed by atoms with E-state index in [-0.39, 0.29) is 11.7 Å². The van der Waals surface area contributed by atoms with E-state index in [1.807, 2.05) is 18.2 Å². The van der Waals surface area contributed by atoms with Gasteiger partial charge in [0.2, 0.25) is 0 Å². The number of rotatable bonds is 5. The Labute approximate surface area is 158 Å². The number of hydrazone groups is 1. The zero-order valence-electron chi connectivity index (χ0n) is 13.6. The fourth-order valence-electron chi connectivity index (χ4n) is 2.15. The number of hydrogen-bond acceptors (Lipinski definition) is 6. The van der Waals surface area contributed by atoms with Gasteiger partial charge in [0.05, 0.1) is 24.5 Å². The summed E-state index contributed by atoms with van der Waals surface area (Å²) in [4.78, 5) is 16.8. The van der Waals surface area contributed by atoms with Crippen LogP contribution in [0, 0.1) is 0 Å². The van der Waals surface area contributed by atoms with Crippen LogP contribution in [0.25, 0.3) is 10.6 Å². The highest BCUT2D eigenvalue weighted by molar-refractivity contribution is 7.17. The lowest BCUT2D eigenvalue weighted by atomic mass is 10.2. The van der Waals surface area contributed by atoms with E-state index in [1.165, 1.54) is 36.9 Å². The van der Waals surface area contributed by atoms with Crippen molar-refractivity contribution in [1.82, 2.24) is 10.4 Å². The van der Waals surface area contributed by atoms with Gasteiger partial charge in [0.25, 0.3) is 5.91 Å². The van der Waals surface area contributed by atoms with E-state index in [0.717, 1.165) is 5.56 Å². The molecule has 0 bridgehead atoms. The summed E-state index contributed by atoms with van der Waals surface area (Å²) in [5.41, 5.74) is 3.82. The summed E-state index contributed by atoms with van der Waals surface area (Å²) in [6.45, 7) is 0. The van der Waals surface area contributed by atoms with Gasteiger partial charge in [-0.2, -0.15) is 5.10 Å². The van der Waals surface area contributed by atoms with E-state index in [0.29, 0.717) is 26.2 Å². The molecule has 0 aliphatic heterocycles. The number of phenolic OH excluding ortho intramolecular Hbond substituents is 1. The van der Waals surface area contributed by atoms with Crippen LogP contribution in [0.3, 0.4) is 0 Å². The van der Waals surface area contributed by atoms with Gasteiger partial charge in [-0.05, 0) is 29.8 Å². The predicted molar refractivity (Wildman–Crippen MR) is 102 cm³/mol. The maximum Gasteiger partial charge on any atom is 0.283 e. The number of aromatic nitrogens is 1. The highest BCUT2D eigenvalue weighted by Gasteiger charge is 2.12. The van der Waals surface area contributed by atoms with Crippen LogP contribution in [-0.4, -0.2) is 29.3 Å². The Morgan fingerprint density at radius 1 is 1.35 bits per heavy atom. The summed E-state index contributed by atoms with van der Waals surface area (Å²) < 4.78 is 4.97. The third-order valence-electron chi connectivity index (χ3n) is 3.42. The Morgan fingerprint density at radius 3 is 2.88 bits per heavy atom. The smallest absolute Gasteiger partial charge is 0.283 e. The molecule has 1 heterocycles. The standard InChI is InChI=1S/C18H14ClN3O3S/c1-25-15-7-6-11(8-14(15)23)9-21-22-17(24)16-10-20-18(26-16)12-4-2-3-5-13(12)19/h2-10,23H,1H3,(H,22,24)/b21-9-. The largest absolute Gasteiger partial charge is 0.504 e. The Kier molecular flexibility index (Phi) is 5.50. The number of phenols is 1. The Balaban J connectivity index is 1.67. The van der Waals surface area contributed by atoms with Gasteiger partial charge in [0.15, 0.2) is 11.5 Å². The van der Waals surface area contributed by atoms with Gasteiger partial charge >= 0.3 is 0 Å². The first kappa shape index (κ1) is 17.9. The van der Waals surface area contributed by atoms with Crippen molar-refractivity contribution in [3.8, 4) is 22.1 Å². The van der Waals surface area contributed by atoms with Crippen LogP contribution in [-0.2, 0) is 0 Å². The molecule has 2 aromatic carbocycles. The van der Waals surface area contributed by atoms with Gasteiger partial charge in [-0.3, -0.25) is 4.79 Å². The van der Waals surface area contributed by atoms with Crippen molar-refractivity contribution in [2.75, 3.05) is 7.11 Å². The molecule has 0 fully saturated rings. The SMILES string of the molecule is COc1ccc(/C=N\NC(=O)c2cnc(-c3ccccc3Cl)s2)cc1O. The average Bonchev–Trinajstić information content (AvgIpc) is 3.12. The summed E-state index contributed by atoms with van der Waals surface area (Å²) in [5.74, 6) is -0.0210. The van der Waals surface area contributed by atoms with Gasteiger partial charge in [-0.1, -0.05) is 29.8 Å². The lowest BCUT2D eigenvalue weighted by molar-refractivity contribution is 0.0959.